The van der Waals surface area contributed by atoms with Gasteiger partial charge in [0.1, 0.15) is 0 Å². The lowest BCUT2D eigenvalue weighted by Gasteiger charge is -2.42. The lowest BCUT2D eigenvalue weighted by Crippen LogP contribution is -2.59. The highest BCUT2D eigenvalue weighted by Gasteiger charge is 2.46. The molecule has 82 valence electrons. The first-order chi connectivity index (χ1) is 6.51. The van der Waals surface area contributed by atoms with Crippen LogP contribution in [0.2, 0.25) is 0 Å². The molecule has 0 amide bonds. The Kier molecular flexibility index (Phi) is 2.58. The molecule has 14 heavy (non-hydrogen) atoms. The minimum atomic E-state index is -0.620. The summed E-state index contributed by atoms with van der Waals surface area (Å²) in [5, 5.41) is 14.0. The van der Waals surface area contributed by atoms with Gasteiger partial charge in [-0.2, -0.15) is 0 Å². The van der Waals surface area contributed by atoms with Gasteiger partial charge in [-0.25, -0.2) is 0 Å². The lowest BCUT2D eigenvalue weighted by molar-refractivity contribution is -0.0402. The lowest BCUT2D eigenvalue weighted by atomic mass is 9.77. The van der Waals surface area contributed by atoms with Crippen LogP contribution in [0.15, 0.2) is 0 Å². The minimum absolute atomic E-state index is 0.0762. The topological polar surface area (TPSA) is 58.3 Å². The van der Waals surface area contributed by atoms with Gasteiger partial charge in [0.15, 0.2) is 0 Å². The molecule has 3 atom stereocenters. The van der Waals surface area contributed by atoms with E-state index < -0.39 is 5.60 Å². The molecule has 2 fully saturated rings. The van der Waals surface area contributed by atoms with E-state index in [-0.39, 0.29) is 6.04 Å². The Balaban J connectivity index is 2.09. The first-order valence-corrected chi connectivity index (χ1v) is 5.75. The van der Waals surface area contributed by atoms with Crippen molar-refractivity contribution in [3.63, 3.8) is 0 Å². The third kappa shape index (κ3) is 1.69. The molecule has 3 heteroatoms. The number of rotatable bonds is 2. The molecule has 3 nitrogen and oxygen atoms in total. The number of nitrogens with one attached hydrogen (secondary N) is 1. The van der Waals surface area contributed by atoms with Gasteiger partial charge in [-0.1, -0.05) is 13.8 Å². The van der Waals surface area contributed by atoms with Crippen molar-refractivity contribution in [1.29, 1.82) is 0 Å². The van der Waals surface area contributed by atoms with Gasteiger partial charge in [0.05, 0.1) is 5.60 Å². The van der Waals surface area contributed by atoms with Crippen LogP contribution in [0.3, 0.4) is 0 Å². The first kappa shape index (κ1) is 10.4. The zero-order valence-corrected chi connectivity index (χ0v) is 9.16. The van der Waals surface area contributed by atoms with Gasteiger partial charge in [-0.3, -0.25) is 0 Å². The summed E-state index contributed by atoms with van der Waals surface area (Å²) < 4.78 is 0. The molecule has 4 N–H and O–H groups in total. The van der Waals surface area contributed by atoms with Crippen LogP contribution in [0.5, 0.6) is 0 Å². The molecule has 2 saturated heterocycles. The van der Waals surface area contributed by atoms with E-state index in [1.165, 1.54) is 12.8 Å². The highest BCUT2D eigenvalue weighted by atomic mass is 16.3. The van der Waals surface area contributed by atoms with E-state index in [9.17, 15) is 5.11 Å². The van der Waals surface area contributed by atoms with Crippen LogP contribution < -0.4 is 11.1 Å². The second-order valence-corrected chi connectivity index (χ2v) is 5.42. The highest BCUT2D eigenvalue weighted by Crippen LogP contribution is 2.36. The number of piperidine rings is 1. The second-order valence-electron chi connectivity index (χ2n) is 5.42. The Bertz CT molecular complexity index is 205. The monoisotopic (exact) mass is 198 g/mol. The quantitative estimate of drug-likeness (QED) is 0.609. The Morgan fingerprint density at radius 3 is 2.21 bits per heavy atom. The minimum Gasteiger partial charge on any atom is -0.388 e. The normalized spacial score (nSPS) is 44.4. The predicted octanol–water partition coefficient (Wildman–Crippen LogP) is 0.615. The van der Waals surface area contributed by atoms with E-state index in [1.807, 2.05) is 0 Å². The van der Waals surface area contributed by atoms with Crippen molar-refractivity contribution >= 4 is 0 Å². The number of nitrogens with two attached hydrogens (primary N) is 1. The highest BCUT2D eigenvalue weighted by molar-refractivity contribution is 5.04. The van der Waals surface area contributed by atoms with Gasteiger partial charge in [-0.15, -0.1) is 0 Å². The zero-order chi connectivity index (χ0) is 10.3. The van der Waals surface area contributed by atoms with Crippen LogP contribution in [0.25, 0.3) is 0 Å². The molecule has 3 unspecified atom stereocenters. The van der Waals surface area contributed by atoms with Crippen LogP contribution in [-0.2, 0) is 0 Å². The summed E-state index contributed by atoms with van der Waals surface area (Å²) >= 11 is 0. The Labute approximate surface area is 86.1 Å². The molecule has 0 aromatic heterocycles. The molecular formula is C11H22N2O. The van der Waals surface area contributed by atoms with Gasteiger partial charge in [0.25, 0.3) is 0 Å². The summed E-state index contributed by atoms with van der Waals surface area (Å²) in [5.74, 6) is 0.359. The molecule has 0 radical (unpaired) electrons. The van der Waals surface area contributed by atoms with Crippen molar-refractivity contribution in [3.8, 4) is 0 Å². The number of hydrogen-bond acceptors (Lipinski definition) is 3. The largest absolute Gasteiger partial charge is 0.388 e. The van der Waals surface area contributed by atoms with E-state index in [0.717, 1.165) is 12.8 Å². The van der Waals surface area contributed by atoms with Crippen LogP contribution in [-0.4, -0.2) is 28.8 Å². The van der Waals surface area contributed by atoms with Crippen molar-refractivity contribution in [3.05, 3.63) is 0 Å². The van der Waals surface area contributed by atoms with Gasteiger partial charge >= 0.3 is 0 Å². The van der Waals surface area contributed by atoms with Gasteiger partial charge < -0.3 is 16.2 Å². The smallest absolute Gasteiger partial charge is 0.0830 e. The van der Waals surface area contributed by atoms with Crippen molar-refractivity contribution < 1.29 is 5.11 Å². The SMILES string of the molecule is CC(C)C(N)C1(O)CC2CCC(C1)N2. The number of fused-ring (bicyclic) bond motifs is 2. The van der Waals surface area contributed by atoms with E-state index >= 15 is 0 Å². The first-order valence-electron chi connectivity index (χ1n) is 5.75. The maximum atomic E-state index is 10.5. The van der Waals surface area contributed by atoms with Gasteiger partial charge in [0, 0.05) is 18.1 Å². The van der Waals surface area contributed by atoms with Crippen LogP contribution in [0.1, 0.15) is 39.5 Å². The maximum absolute atomic E-state index is 10.5. The summed E-state index contributed by atoms with van der Waals surface area (Å²) in [6.45, 7) is 4.18. The summed E-state index contributed by atoms with van der Waals surface area (Å²) in [7, 11) is 0. The molecule has 2 rings (SSSR count). The third-order valence-electron chi connectivity index (χ3n) is 3.87. The molecule has 2 aliphatic rings. The summed E-state index contributed by atoms with van der Waals surface area (Å²) in [6.07, 6.45) is 4.08. The Morgan fingerprint density at radius 1 is 1.29 bits per heavy atom. The molecule has 0 aromatic rings. The molecule has 2 heterocycles. The average Bonchev–Trinajstić information content (AvgIpc) is 2.44. The zero-order valence-electron chi connectivity index (χ0n) is 9.16. The van der Waals surface area contributed by atoms with Gasteiger partial charge in [-0.05, 0) is 31.6 Å². The van der Waals surface area contributed by atoms with Crippen molar-refractivity contribution in [2.24, 2.45) is 11.7 Å². The third-order valence-corrected chi connectivity index (χ3v) is 3.87. The molecule has 2 aliphatic heterocycles. The van der Waals surface area contributed by atoms with E-state index in [0.29, 0.717) is 18.0 Å². The molecule has 0 spiro atoms. The maximum Gasteiger partial charge on any atom is 0.0830 e. The van der Waals surface area contributed by atoms with Crippen molar-refractivity contribution in [2.45, 2.75) is 63.3 Å². The fourth-order valence-electron chi connectivity index (χ4n) is 3.05. The van der Waals surface area contributed by atoms with E-state index in [1.54, 1.807) is 0 Å². The fraction of sp³-hybridized carbons (Fsp3) is 1.00. The van der Waals surface area contributed by atoms with Crippen molar-refractivity contribution in [2.75, 3.05) is 0 Å². The summed E-state index contributed by atoms with van der Waals surface area (Å²) in [5.41, 5.74) is 5.48. The molecule has 0 saturated carbocycles. The standard InChI is InChI=1S/C11H22N2O/c1-7(2)10(12)11(14)5-8-3-4-9(6-11)13-8/h7-10,13-14H,3-6,12H2,1-2H3. The number of aliphatic hydroxyl groups is 1. The molecule has 2 bridgehead atoms. The molecular weight excluding hydrogens is 176 g/mol. The molecule has 0 aliphatic carbocycles. The summed E-state index contributed by atoms with van der Waals surface area (Å²) in [6, 6.07) is 0.930. The predicted molar refractivity (Wildman–Crippen MR) is 56.9 cm³/mol. The van der Waals surface area contributed by atoms with E-state index in [2.05, 4.69) is 19.2 Å². The van der Waals surface area contributed by atoms with E-state index in [4.69, 9.17) is 5.73 Å². The van der Waals surface area contributed by atoms with Crippen LogP contribution in [0, 0.1) is 5.92 Å². The second kappa shape index (κ2) is 3.47. The fourth-order valence-corrected chi connectivity index (χ4v) is 3.05. The Hall–Kier alpha value is -0.120. The molecule has 0 aromatic carbocycles. The van der Waals surface area contributed by atoms with Crippen LogP contribution in [0.4, 0.5) is 0 Å². The van der Waals surface area contributed by atoms with Gasteiger partial charge in [0.2, 0.25) is 0 Å². The van der Waals surface area contributed by atoms with Crippen LogP contribution >= 0.6 is 0 Å². The number of hydrogen-bond donors (Lipinski definition) is 3. The van der Waals surface area contributed by atoms with Crippen molar-refractivity contribution in [1.82, 2.24) is 5.32 Å². The average molecular weight is 198 g/mol. The summed E-state index contributed by atoms with van der Waals surface area (Å²) in [4.78, 5) is 0. The Morgan fingerprint density at radius 2 is 1.79 bits per heavy atom.